The summed E-state index contributed by atoms with van der Waals surface area (Å²) < 4.78 is 6.70. The Morgan fingerprint density at radius 2 is 2.35 bits per heavy atom. The van der Waals surface area contributed by atoms with Crippen molar-refractivity contribution in [3.05, 3.63) is 36.9 Å². The molecule has 0 aliphatic heterocycles. The Morgan fingerprint density at radius 1 is 1.55 bits per heavy atom. The Bertz CT molecular complexity index is 618. The van der Waals surface area contributed by atoms with E-state index in [0.717, 1.165) is 0 Å². The van der Waals surface area contributed by atoms with Gasteiger partial charge in [-0.1, -0.05) is 12.1 Å². The fourth-order valence-corrected chi connectivity index (χ4v) is 1.58. The molecule has 0 fully saturated rings. The molecule has 102 valence electrons. The van der Waals surface area contributed by atoms with Crippen LogP contribution in [0.5, 0.6) is 5.75 Å². The zero-order valence-electron chi connectivity index (χ0n) is 10.9. The second-order valence-electron chi connectivity index (χ2n) is 3.98. The van der Waals surface area contributed by atoms with Crippen molar-refractivity contribution < 1.29 is 9.53 Å². The van der Waals surface area contributed by atoms with Crippen molar-refractivity contribution >= 4 is 11.6 Å². The third kappa shape index (κ3) is 3.11. The fraction of sp³-hybridized carbons (Fsp3) is 0.231. The van der Waals surface area contributed by atoms with Crippen LogP contribution in [0.4, 0.5) is 5.69 Å². The number of hydrogen-bond donors (Lipinski definition) is 1. The number of nitriles is 1. The van der Waals surface area contributed by atoms with E-state index in [2.05, 4.69) is 15.4 Å². The van der Waals surface area contributed by atoms with E-state index < -0.39 is 6.04 Å². The number of carbonyl (C=O) groups is 1. The molecule has 1 heterocycles. The predicted molar refractivity (Wildman–Crippen MR) is 70.9 cm³/mol. The van der Waals surface area contributed by atoms with Gasteiger partial charge in [0.05, 0.1) is 5.69 Å². The molecule has 0 saturated heterocycles. The first-order valence-corrected chi connectivity index (χ1v) is 5.96. The van der Waals surface area contributed by atoms with Crippen molar-refractivity contribution in [2.24, 2.45) is 0 Å². The van der Waals surface area contributed by atoms with Gasteiger partial charge in [0.25, 0.3) is 0 Å². The second kappa shape index (κ2) is 6.33. The third-order valence-corrected chi connectivity index (χ3v) is 2.65. The molecule has 0 spiro atoms. The van der Waals surface area contributed by atoms with Gasteiger partial charge in [-0.05, 0) is 19.1 Å². The van der Waals surface area contributed by atoms with Crippen LogP contribution in [0.15, 0.2) is 36.9 Å². The van der Waals surface area contributed by atoms with Gasteiger partial charge in [-0.3, -0.25) is 4.79 Å². The first-order chi connectivity index (χ1) is 9.72. The van der Waals surface area contributed by atoms with E-state index in [4.69, 9.17) is 10.00 Å². The number of carbonyl (C=O) groups excluding carboxylic acids is 1. The molecular weight excluding hydrogens is 258 g/mol. The zero-order valence-corrected chi connectivity index (χ0v) is 10.9. The Morgan fingerprint density at radius 3 is 3.05 bits per heavy atom. The van der Waals surface area contributed by atoms with Crippen LogP contribution in [0, 0.1) is 11.3 Å². The number of amides is 1. The Labute approximate surface area is 115 Å². The third-order valence-electron chi connectivity index (χ3n) is 2.65. The number of nitrogens with one attached hydrogen (secondary N) is 1. The molecule has 0 bridgehead atoms. The summed E-state index contributed by atoms with van der Waals surface area (Å²) in [6.07, 6.45) is 2.84. The lowest BCUT2D eigenvalue weighted by atomic mass is 10.2. The average Bonchev–Trinajstić information content (AvgIpc) is 2.99. The van der Waals surface area contributed by atoms with Gasteiger partial charge < -0.3 is 10.1 Å². The van der Waals surface area contributed by atoms with E-state index in [-0.39, 0.29) is 12.5 Å². The SMILES string of the molecule is CC(C(=O)Nc1ccccc1OCC#N)n1cncn1. The van der Waals surface area contributed by atoms with Crippen molar-refractivity contribution in [2.45, 2.75) is 13.0 Å². The standard InChI is InChI=1S/C13H13N5O2/c1-10(18-9-15-8-16-18)13(19)17-11-4-2-3-5-12(11)20-7-6-14/h2-5,8-10H,7H2,1H3,(H,17,19). The molecule has 1 aromatic carbocycles. The molecule has 0 aliphatic rings. The van der Waals surface area contributed by atoms with Crippen molar-refractivity contribution in [3.8, 4) is 11.8 Å². The van der Waals surface area contributed by atoms with Crippen LogP contribution in [0.1, 0.15) is 13.0 Å². The number of aromatic nitrogens is 3. The first kappa shape index (κ1) is 13.5. The van der Waals surface area contributed by atoms with Crippen LogP contribution in [0.2, 0.25) is 0 Å². The van der Waals surface area contributed by atoms with Gasteiger partial charge in [-0.2, -0.15) is 10.4 Å². The van der Waals surface area contributed by atoms with Gasteiger partial charge in [-0.15, -0.1) is 0 Å². The number of hydrogen-bond acceptors (Lipinski definition) is 5. The number of ether oxygens (including phenoxy) is 1. The normalized spacial score (nSPS) is 11.4. The summed E-state index contributed by atoms with van der Waals surface area (Å²) in [6, 6.07) is 8.32. The second-order valence-corrected chi connectivity index (χ2v) is 3.98. The van der Waals surface area contributed by atoms with Crippen LogP contribution in [-0.2, 0) is 4.79 Å². The maximum Gasteiger partial charge on any atom is 0.249 e. The molecule has 1 N–H and O–H groups in total. The first-order valence-electron chi connectivity index (χ1n) is 5.96. The Kier molecular flexibility index (Phi) is 4.29. The highest BCUT2D eigenvalue weighted by atomic mass is 16.5. The number of para-hydroxylation sites is 2. The predicted octanol–water partition coefficient (Wildman–Crippen LogP) is 1.38. The smallest absolute Gasteiger partial charge is 0.249 e. The minimum absolute atomic E-state index is 0.0779. The minimum atomic E-state index is -0.499. The van der Waals surface area contributed by atoms with Crippen LogP contribution in [0.3, 0.4) is 0 Å². The topological polar surface area (TPSA) is 92.8 Å². The monoisotopic (exact) mass is 271 g/mol. The minimum Gasteiger partial charge on any atom is -0.477 e. The molecule has 1 amide bonds. The summed E-state index contributed by atoms with van der Waals surface area (Å²) in [5, 5.41) is 15.2. The summed E-state index contributed by atoms with van der Waals surface area (Å²) in [4.78, 5) is 15.9. The molecule has 2 aromatic rings. The molecule has 7 heteroatoms. The van der Waals surface area contributed by atoms with Crippen LogP contribution in [-0.4, -0.2) is 27.3 Å². The van der Waals surface area contributed by atoms with Crippen molar-refractivity contribution in [2.75, 3.05) is 11.9 Å². The van der Waals surface area contributed by atoms with E-state index in [9.17, 15) is 4.79 Å². The highest BCUT2D eigenvalue weighted by Crippen LogP contribution is 2.24. The lowest BCUT2D eigenvalue weighted by Gasteiger charge is -2.14. The summed E-state index contributed by atoms with van der Waals surface area (Å²) in [7, 11) is 0. The summed E-state index contributed by atoms with van der Waals surface area (Å²) in [6.45, 7) is 1.63. The number of nitrogens with zero attached hydrogens (tertiary/aromatic N) is 4. The van der Waals surface area contributed by atoms with Gasteiger partial charge in [0.1, 0.15) is 30.5 Å². The molecule has 20 heavy (non-hydrogen) atoms. The van der Waals surface area contributed by atoms with Gasteiger partial charge >= 0.3 is 0 Å². The fourth-order valence-electron chi connectivity index (χ4n) is 1.58. The van der Waals surface area contributed by atoms with E-state index in [1.807, 2.05) is 6.07 Å². The summed E-state index contributed by atoms with van der Waals surface area (Å²) in [5.74, 6) is 0.205. The van der Waals surface area contributed by atoms with E-state index in [1.165, 1.54) is 17.3 Å². The number of rotatable bonds is 5. The van der Waals surface area contributed by atoms with Crippen molar-refractivity contribution in [3.63, 3.8) is 0 Å². The van der Waals surface area contributed by atoms with E-state index in [0.29, 0.717) is 11.4 Å². The van der Waals surface area contributed by atoms with Gasteiger partial charge in [0, 0.05) is 0 Å². The van der Waals surface area contributed by atoms with E-state index in [1.54, 1.807) is 31.2 Å². The Hall–Kier alpha value is -2.88. The molecule has 0 saturated carbocycles. The molecular formula is C13H13N5O2. The van der Waals surface area contributed by atoms with Gasteiger partial charge in [0.15, 0.2) is 6.61 Å². The summed E-state index contributed by atoms with van der Waals surface area (Å²) >= 11 is 0. The maximum absolute atomic E-state index is 12.1. The van der Waals surface area contributed by atoms with Crippen LogP contribution < -0.4 is 10.1 Å². The van der Waals surface area contributed by atoms with Crippen molar-refractivity contribution in [1.82, 2.24) is 14.8 Å². The highest BCUT2D eigenvalue weighted by Gasteiger charge is 2.17. The molecule has 1 atom stereocenters. The van der Waals surface area contributed by atoms with Gasteiger partial charge in [-0.25, -0.2) is 9.67 Å². The average molecular weight is 271 g/mol. The van der Waals surface area contributed by atoms with Crippen molar-refractivity contribution in [1.29, 1.82) is 5.26 Å². The molecule has 7 nitrogen and oxygen atoms in total. The molecule has 2 rings (SSSR count). The molecule has 1 aromatic heterocycles. The quantitative estimate of drug-likeness (QED) is 0.886. The summed E-state index contributed by atoms with van der Waals surface area (Å²) in [5.41, 5.74) is 0.514. The highest BCUT2D eigenvalue weighted by molar-refractivity contribution is 5.94. The van der Waals surface area contributed by atoms with Gasteiger partial charge in [0.2, 0.25) is 5.91 Å². The number of anilines is 1. The number of benzene rings is 1. The maximum atomic E-state index is 12.1. The van der Waals surface area contributed by atoms with Crippen LogP contribution >= 0.6 is 0 Å². The molecule has 0 radical (unpaired) electrons. The largest absolute Gasteiger partial charge is 0.477 e. The van der Waals surface area contributed by atoms with Crippen LogP contribution in [0.25, 0.3) is 0 Å². The Balaban J connectivity index is 2.10. The van der Waals surface area contributed by atoms with E-state index >= 15 is 0 Å². The lowest BCUT2D eigenvalue weighted by molar-refractivity contribution is -0.119. The molecule has 0 aliphatic carbocycles. The lowest BCUT2D eigenvalue weighted by Crippen LogP contribution is -2.24. The molecule has 1 unspecified atom stereocenters. The zero-order chi connectivity index (χ0) is 14.4.